The molecule has 0 spiro atoms. The molecule has 1 heterocycles. The van der Waals surface area contributed by atoms with Gasteiger partial charge in [-0.15, -0.1) is 0 Å². The number of sulfonamides is 1. The number of hydrogen-bond acceptors (Lipinski definition) is 5. The van der Waals surface area contributed by atoms with Crippen molar-refractivity contribution >= 4 is 21.9 Å². The van der Waals surface area contributed by atoms with E-state index in [0.29, 0.717) is 17.6 Å². The number of hydrogen-bond donors (Lipinski definition) is 1. The number of nitrogens with one attached hydrogen (secondary N) is 1. The average molecular weight is 575 g/mol. The van der Waals surface area contributed by atoms with Crippen molar-refractivity contribution < 1.29 is 17.9 Å². The lowest BCUT2D eigenvalue weighted by Gasteiger charge is -2.23. The van der Waals surface area contributed by atoms with Crippen molar-refractivity contribution in [1.82, 2.24) is 13.9 Å². The van der Waals surface area contributed by atoms with Gasteiger partial charge in [0.2, 0.25) is 21.9 Å². The zero-order chi connectivity index (χ0) is 29.7. The Labute approximate surface area is 243 Å². The molecule has 0 unspecified atom stereocenters. The predicted octanol–water partition coefficient (Wildman–Crippen LogP) is 6.27. The number of aromatic nitrogens is 2. The van der Waals surface area contributed by atoms with Gasteiger partial charge in [-0.2, -0.15) is 4.31 Å². The number of anilines is 1. The molecule has 0 bridgehead atoms. The molecule has 4 rings (SSSR count). The fourth-order valence-corrected chi connectivity index (χ4v) is 5.98. The SMILES string of the molecule is COc1ccc(-c2cn(-c3ccc(C(C)C)cc3)c(NC(=O)CN(CC(C)C)S(=O)(=O)c3ccc(C)cc3)n2)cc1. The van der Waals surface area contributed by atoms with Gasteiger partial charge in [-0.3, -0.25) is 14.7 Å². The molecule has 1 aromatic heterocycles. The number of ether oxygens (including phenoxy) is 1. The topological polar surface area (TPSA) is 93.5 Å². The molecule has 0 saturated heterocycles. The van der Waals surface area contributed by atoms with Crippen LogP contribution < -0.4 is 10.1 Å². The van der Waals surface area contributed by atoms with Crippen molar-refractivity contribution in [3.8, 4) is 22.7 Å². The monoisotopic (exact) mass is 574 g/mol. The first kappa shape index (κ1) is 30.0. The molecule has 1 amide bonds. The van der Waals surface area contributed by atoms with Gasteiger partial charge in [0.05, 0.1) is 24.2 Å². The fourth-order valence-electron chi connectivity index (χ4n) is 4.42. The lowest BCUT2D eigenvalue weighted by atomic mass is 10.0. The predicted molar refractivity (Wildman–Crippen MR) is 163 cm³/mol. The van der Waals surface area contributed by atoms with Crippen molar-refractivity contribution in [2.45, 2.75) is 45.4 Å². The Kier molecular flexibility index (Phi) is 9.30. The molecule has 4 aromatic rings. The standard InChI is InChI=1S/C32H38N4O4S/c1-22(2)19-35(41(38,39)29-17-7-24(5)8-18-29)21-31(37)34-32-33-30(26-11-15-28(40-6)16-12-26)20-36(32)27-13-9-25(10-14-27)23(3)4/h7-18,20,22-23H,19,21H2,1-6H3,(H,33,34,37). The van der Waals surface area contributed by atoms with Gasteiger partial charge in [-0.05, 0) is 72.9 Å². The molecule has 0 saturated carbocycles. The second-order valence-electron chi connectivity index (χ2n) is 10.8. The number of rotatable bonds is 11. The Hall–Kier alpha value is -3.95. The summed E-state index contributed by atoms with van der Waals surface area (Å²) in [6.07, 6.45) is 1.86. The van der Waals surface area contributed by atoms with Crippen LogP contribution >= 0.6 is 0 Å². The van der Waals surface area contributed by atoms with Crippen LogP contribution in [-0.2, 0) is 14.8 Å². The number of nitrogens with zero attached hydrogens (tertiary/aromatic N) is 3. The summed E-state index contributed by atoms with van der Waals surface area (Å²) in [7, 11) is -2.28. The highest BCUT2D eigenvalue weighted by Gasteiger charge is 2.28. The molecule has 1 N–H and O–H groups in total. The molecular formula is C32H38N4O4S. The maximum Gasteiger partial charge on any atom is 0.243 e. The van der Waals surface area contributed by atoms with Gasteiger partial charge < -0.3 is 4.74 Å². The summed E-state index contributed by atoms with van der Waals surface area (Å²) in [6, 6.07) is 22.2. The van der Waals surface area contributed by atoms with Gasteiger partial charge in [0.1, 0.15) is 5.75 Å². The zero-order valence-electron chi connectivity index (χ0n) is 24.5. The molecule has 0 aliphatic rings. The van der Waals surface area contributed by atoms with Gasteiger partial charge in [0.25, 0.3) is 0 Å². The summed E-state index contributed by atoms with van der Waals surface area (Å²) in [5.41, 5.74) is 4.48. The lowest BCUT2D eigenvalue weighted by molar-refractivity contribution is -0.116. The summed E-state index contributed by atoms with van der Waals surface area (Å²) < 4.78 is 35.3. The number of aryl methyl sites for hydroxylation is 1. The second kappa shape index (κ2) is 12.7. The van der Waals surface area contributed by atoms with E-state index in [-0.39, 0.29) is 23.9 Å². The molecule has 9 heteroatoms. The Morgan fingerprint density at radius 3 is 2.15 bits per heavy atom. The maximum atomic E-state index is 13.5. The molecule has 0 aliphatic heterocycles. The van der Waals surface area contributed by atoms with E-state index in [9.17, 15) is 13.2 Å². The van der Waals surface area contributed by atoms with E-state index < -0.39 is 15.9 Å². The van der Waals surface area contributed by atoms with E-state index in [1.54, 1.807) is 31.4 Å². The number of carbonyl (C=O) groups excluding carboxylic acids is 1. The molecule has 0 radical (unpaired) electrons. The molecular weight excluding hydrogens is 536 g/mol. The third-order valence-corrected chi connectivity index (χ3v) is 8.55. The van der Waals surface area contributed by atoms with Crippen LogP contribution in [-0.4, -0.2) is 48.4 Å². The van der Waals surface area contributed by atoms with Gasteiger partial charge in [0, 0.05) is 24.0 Å². The summed E-state index contributed by atoms with van der Waals surface area (Å²) in [5, 5.41) is 2.88. The van der Waals surface area contributed by atoms with E-state index in [0.717, 1.165) is 22.6 Å². The molecule has 216 valence electrons. The van der Waals surface area contributed by atoms with Crippen molar-refractivity contribution in [3.63, 3.8) is 0 Å². The number of methoxy groups -OCH3 is 1. The van der Waals surface area contributed by atoms with Gasteiger partial charge in [-0.25, -0.2) is 13.4 Å². The third-order valence-electron chi connectivity index (χ3n) is 6.73. The van der Waals surface area contributed by atoms with Crippen LogP contribution in [0.1, 0.15) is 44.7 Å². The number of amides is 1. The number of benzene rings is 3. The van der Waals surface area contributed by atoms with E-state index in [1.807, 2.05) is 67.9 Å². The first-order chi connectivity index (χ1) is 19.5. The van der Waals surface area contributed by atoms with Gasteiger partial charge in [-0.1, -0.05) is 57.5 Å². The fraction of sp³-hybridized carbons (Fsp3) is 0.312. The minimum atomic E-state index is -3.89. The highest BCUT2D eigenvalue weighted by Crippen LogP contribution is 2.27. The highest BCUT2D eigenvalue weighted by atomic mass is 32.2. The Morgan fingerprint density at radius 1 is 0.951 bits per heavy atom. The molecule has 8 nitrogen and oxygen atoms in total. The zero-order valence-corrected chi connectivity index (χ0v) is 25.3. The normalized spacial score (nSPS) is 11.8. The Morgan fingerprint density at radius 2 is 1.59 bits per heavy atom. The second-order valence-corrected chi connectivity index (χ2v) is 12.8. The lowest BCUT2D eigenvalue weighted by Crippen LogP contribution is -2.40. The molecule has 0 aliphatic carbocycles. The van der Waals surface area contributed by atoms with Gasteiger partial charge in [0.15, 0.2) is 0 Å². The van der Waals surface area contributed by atoms with Gasteiger partial charge >= 0.3 is 0 Å². The smallest absolute Gasteiger partial charge is 0.243 e. The van der Waals surface area contributed by atoms with Crippen molar-refractivity contribution in [2.24, 2.45) is 5.92 Å². The van der Waals surface area contributed by atoms with Crippen molar-refractivity contribution in [3.05, 3.63) is 90.1 Å². The molecule has 41 heavy (non-hydrogen) atoms. The van der Waals surface area contributed by atoms with Crippen LogP contribution in [0.25, 0.3) is 16.9 Å². The quantitative estimate of drug-likeness (QED) is 0.228. The average Bonchev–Trinajstić information content (AvgIpc) is 3.36. The third kappa shape index (κ3) is 7.23. The van der Waals surface area contributed by atoms with Crippen LogP contribution in [0, 0.1) is 12.8 Å². The van der Waals surface area contributed by atoms with Crippen LogP contribution in [0.5, 0.6) is 5.75 Å². The summed E-state index contributed by atoms with van der Waals surface area (Å²) in [6.45, 7) is 9.86. The summed E-state index contributed by atoms with van der Waals surface area (Å²) in [4.78, 5) is 18.3. The maximum absolute atomic E-state index is 13.5. The Balaban J connectivity index is 1.66. The number of carbonyl (C=O) groups is 1. The molecule has 0 fully saturated rings. The van der Waals surface area contributed by atoms with Crippen LogP contribution in [0.4, 0.5) is 5.95 Å². The van der Waals surface area contributed by atoms with Crippen LogP contribution in [0.3, 0.4) is 0 Å². The Bertz CT molecular complexity index is 1570. The number of imidazole rings is 1. The van der Waals surface area contributed by atoms with E-state index in [1.165, 1.54) is 9.87 Å². The van der Waals surface area contributed by atoms with E-state index in [2.05, 4.69) is 31.3 Å². The first-order valence-electron chi connectivity index (χ1n) is 13.7. The van der Waals surface area contributed by atoms with Crippen molar-refractivity contribution in [1.29, 1.82) is 0 Å². The van der Waals surface area contributed by atoms with E-state index in [4.69, 9.17) is 9.72 Å². The first-order valence-corrected chi connectivity index (χ1v) is 15.1. The minimum absolute atomic E-state index is 0.0196. The minimum Gasteiger partial charge on any atom is -0.497 e. The summed E-state index contributed by atoms with van der Waals surface area (Å²) in [5.74, 6) is 0.948. The largest absolute Gasteiger partial charge is 0.497 e. The molecule has 3 aromatic carbocycles. The van der Waals surface area contributed by atoms with Crippen LogP contribution in [0.2, 0.25) is 0 Å². The highest BCUT2D eigenvalue weighted by molar-refractivity contribution is 7.89. The molecule has 0 atom stereocenters. The van der Waals surface area contributed by atoms with E-state index >= 15 is 0 Å². The van der Waals surface area contributed by atoms with Crippen LogP contribution in [0.15, 0.2) is 83.9 Å². The van der Waals surface area contributed by atoms with Crippen molar-refractivity contribution in [2.75, 3.05) is 25.5 Å². The summed E-state index contributed by atoms with van der Waals surface area (Å²) >= 11 is 0.